The Hall–Kier alpha value is -0.820. The lowest BCUT2D eigenvalue weighted by Crippen LogP contribution is -1.95. The molecule has 9 heavy (non-hydrogen) atoms. The predicted molar refractivity (Wildman–Crippen MR) is 41.2 cm³/mol. The summed E-state index contributed by atoms with van der Waals surface area (Å²) in [5, 5.41) is 0. The number of hydrogen-bond donors (Lipinski definition) is 1. The van der Waals surface area contributed by atoms with Gasteiger partial charge in [0, 0.05) is 7.97 Å². The second kappa shape index (κ2) is 2.65. The summed E-state index contributed by atoms with van der Waals surface area (Å²) in [6, 6.07) is 8.23. The zero-order chi connectivity index (χ0) is 6.69. The third-order valence-electron chi connectivity index (χ3n) is 1.32. The Morgan fingerprint density at radius 3 is 2.78 bits per heavy atom. The first-order valence-electron chi connectivity index (χ1n) is 3.08. The maximum Gasteiger partial charge on any atom is 0.0178 e. The molecule has 50 valence electrons. The first-order valence-corrected chi connectivity index (χ1v) is 3.08. The number of rotatable bonds is 1. The normalized spacial score (nSPS) is 9.56. The fourth-order valence-corrected chi connectivity index (χ4v) is 0.839. The summed E-state index contributed by atoms with van der Waals surface area (Å²) in [5.74, 6) is 0. The van der Waals surface area contributed by atoms with Crippen LogP contribution in [0.2, 0.25) is 0 Å². The van der Waals surface area contributed by atoms with Gasteiger partial charge in [-0.05, 0) is 12.5 Å². The lowest BCUT2D eigenvalue weighted by Gasteiger charge is -1.95. The average Bonchev–Trinajstić information content (AvgIpc) is 1.88. The van der Waals surface area contributed by atoms with E-state index >= 15 is 0 Å². The number of aryl methyl sites for hydroxylation is 1. The van der Waals surface area contributed by atoms with Crippen LogP contribution in [0.15, 0.2) is 24.3 Å². The van der Waals surface area contributed by atoms with Crippen LogP contribution in [0.4, 0.5) is 0 Å². The molecule has 1 heteroatoms. The molecule has 2 N–H and O–H groups in total. The highest BCUT2D eigenvalue weighted by Crippen LogP contribution is 2.01. The lowest BCUT2D eigenvalue weighted by atomic mass is 10.1. The highest BCUT2D eigenvalue weighted by molar-refractivity contribution is 5.21. The molecule has 0 aliphatic carbocycles. The van der Waals surface area contributed by atoms with Crippen LogP contribution in [-0.4, -0.2) is 0 Å². The first-order chi connectivity index (χ1) is 4.33. The van der Waals surface area contributed by atoms with Gasteiger partial charge in [0.2, 0.25) is 0 Å². The third-order valence-corrected chi connectivity index (χ3v) is 1.32. The molecule has 0 heterocycles. The van der Waals surface area contributed by atoms with Crippen LogP contribution in [0.3, 0.4) is 0 Å². The van der Waals surface area contributed by atoms with Crippen molar-refractivity contribution in [3.63, 3.8) is 0 Å². The molecular formula is C8H13N. The molecule has 0 aliphatic rings. The Morgan fingerprint density at radius 1 is 1.56 bits per heavy atom. The van der Waals surface area contributed by atoms with Gasteiger partial charge in [-0.1, -0.05) is 29.8 Å². The molecule has 0 aliphatic heterocycles. The molecule has 0 bridgehead atoms. The van der Waals surface area contributed by atoms with Crippen LogP contribution in [0.5, 0.6) is 0 Å². The summed E-state index contributed by atoms with van der Waals surface area (Å²) in [6.07, 6.45) is 0. The second-order valence-corrected chi connectivity index (χ2v) is 2.19. The van der Waals surface area contributed by atoms with E-state index in [1.165, 1.54) is 11.1 Å². The fourth-order valence-electron chi connectivity index (χ4n) is 0.839. The van der Waals surface area contributed by atoms with Crippen molar-refractivity contribution in [2.24, 2.45) is 5.73 Å². The maximum atomic E-state index is 5.42. The lowest BCUT2D eigenvalue weighted by molar-refractivity contribution is 1.07. The molecule has 0 spiro atoms. The molecule has 0 unspecified atom stereocenters. The second-order valence-electron chi connectivity index (χ2n) is 2.19. The van der Waals surface area contributed by atoms with Crippen molar-refractivity contribution in [2.75, 3.05) is 0 Å². The van der Waals surface area contributed by atoms with Crippen molar-refractivity contribution >= 4 is 0 Å². The molecule has 0 aromatic heterocycles. The zero-order valence-corrected chi connectivity index (χ0v) is 5.59. The van der Waals surface area contributed by atoms with E-state index in [1.807, 2.05) is 12.1 Å². The van der Waals surface area contributed by atoms with E-state index in [-0.39, 0.29) is 1.43 Å². The van der Waals surface area contributed by atoms with Gasteiger partial charge in [-0.15, -0.1) is 0 Å². The van der Waals surface area contributed by atoms with Crippen molar-refractivity contribution in [1.82, 2.24) is 0 Å². The standard InChI is InChI=1S/C8H11N.H2/c1-7-3-2-4-8(5-7)6-9;/h2-5H,6,9H2,1H3;1H. The SMILES string of the molecule is Cc1cccc(CN)c1.[HH]. The maximum absolute atomic E-state index is 5.42. The molecule has 1 nitrogen and oxygen atoms in total. The van der Waals surface area contributed by atoms with Gasteiger partial charge in [0.1, 0.15) is 0 Å². The van der Waals surface area contributed by atoms with Crippen LogP contribution in [0.1, 0.15) is 12.6 Å². The highest BCUT2D eigenvalue weighted by atomic mass is 14.5. The quantitative estimate of drug-likeness (QED) is 0.604. The minimum absolute atomic E-state index is 0. The van der Waals surface area contributed by atoms with E-state index in [4.69, 9.17) is 5.73 Å². The minimum Gasteiger partial charge on any atom is -0.326 e. The van der Waals surface area contributed by atoms with Crippen LogP contribution in [0.25, 0.3) is 0 Å². The average molecular weight is 123 g/mol. The minimum atomic E-state index is 0. The van der Waals surface area contributed by atoms with E-state index < -0.39 is 0 Å². The van der Waals surface area contributed by atoms with E-state index in [2.05, 4.69) is 19.1 Å². The Bertz CT molecular complexity index is 198. The topological polar surface area (TPSA) is 26.0 Å². The molecule has 0 fully saturated rings. The van der Waals surface area contributed by atoms with E-state index in [0.29, 0.717) is 6.54 Å². The van der Waals surface area contributed by atoms with Gasteiger partial charge in [-0.2, -0.15) is 0 Å². The van der Waals surface area contributed by atoms with Crippen LogP contribution in [0, 0.1) is 6.92 Å². The third kappa shape index (κ3) is 1.54. The zero-order valence-electron chi connectivity index (χ0n) is 5.59. The summed E-state index contributed by atoms with van der Waals surface area (Å²) in [6.45, 7) is 2.71. The molecule has 1 rings (SSSR count). The van der Waals surface area contributed by atoms with Gasteiger partial charge in [0.25, 0.3) is 0 Å². The van der Waals surface area contributed by atoms with Gasteiger partial charge < -0.3 is 5.73 Å². The monoisotopic (exact) mass is 123 g/mol. The summed E-state index contributed by atoms with van der Waals surface area (Å²) in [7, 11) is 0. The Kier molecular flexibility index (Phi) is 1.85. The number of nitrogens with two attached hydrogens (primary N) is 1. The number of hydrogen-bond acceptors (Lipinski definition) is 1. The molecule has 0 amide bonds. The Labute approximate surface area is 57.0 Å². The van der Waals surface area contributed by atoms with Gasteiger partial charge in [-0.3, -0.25) is 0 Å². The van der Waals surface area contributed by atoms with Crippen LogP contribution in [-0.2, 0) is 6.54 Å². The van der Waals surface area contributed by atoms with Crippen LogP contribution >= 0.6 is 0 Å². The fraction of sp³-hybridized carbons (Fsp3) is 0.250. The Balaban J connectivity index is 0.000000810. The van der Waals surface area contributed by atoms with Gasteiger partial charge in [-0.25, -0.2) is 0 Å². The molecular weight excluding hydrogens is 110 g/mol. The van der Waals surface area contributed by atoms with Crippen molar-refractivity contribution in [1.29, 1.82) is 0 Å². The summed E-state index contributed by atoms with van der Waals surface area (Å²) in [4.78, 5) is 0. The number of benzene rings is 1. The molecule has 0 radical (unpaired) electrons. The predicted octanol–water partition coefficient (Wildman–Crippen LogP) is 1.70. The largest absolute Gasteiger partial charge is 0.326 e. The highest BCUT2D eigenvalue weighted by Gasteiger charge is 1.85. The van der Waals surface area contributed by atoms with Crippen molar-refractivity contribution < 1.29 is 1.43 Å². The molecule has 0 saturated carbocycles. The van der Waals surface area contributed by atoms with Gasteiger partial charge in [0.05, 0.1) is 0 Å². The van der Waals surface area contributed by atoms with E-state index in [1.54, 1.807) is 0 Å². The summed E-state index contributed by atoms with van der Waals surface area (Å²) >= 11 is 0. The van der Waals surface area contributed by atoms with E-state index in [0.717, 1.165) is 0 Å². The smallest absolute Gasteiger partial charge is 0.0178 e. The van der Waals surface area contributed by atoms with Crippen molar-refractivity contribution in [3.05, 3.63) is 35.4 Å². The molecule has 1 aromatic carbocycles. The van der Waals surface area contributed by atoms with Gasteiger partial charge >= 0.3 is 0 Å². The summed E-state index contributed by atoms with van der Waals surface area (Å²) in [5.41, 5.74) is 7.90. The molecule has 1 aromatic rings. The van der Waals surface area contributed by atoms with Gasteiger partial charge in [0.15, 0.2) is 0 Å². The van der Waals surface area contributed by atoms with Crippen molar-refractivity contribution in [2.45, 2.75) is 13.5 Å². The molecule has 0 saturated heterocycles. The summed E-state index contributed by atoms with van der Waals surface area (Å²) < 4.78 is 0. The van der Waals surface area contributed by atoms with Crippen molar-refractivity contribution in [3.8, 4) is 0 Å². The van der Waals surface area contributed by atoms with Crippen LogP contribution < -0.4 is 5.73 Å². The van der Waals surface area contributed by atoms with E-state index in [9.17, 15) is 0 Å². The Morgan fingerprint density at radius 2 is 2.33 bits per heavy atom. The molecule has 0 atom stereocenters. The first kappa shape index (κ1) is 6.30.